The SMILES string of the molecule is COc1ccc(OC)c2c1c(=O)ccn2CC(C)=O. The van der Waals surface area contributed by atoms with Crippen molar-refractivity contribution in [3.8, 4) is 11.5 Å². The van der Waals surface area contributed by atoms with E-state index in [4.69, 9.17) is 9.47 Å². The summed E-state index contributed by atoms with van der Waals surface area (Å²) in [6.45, 7) is 1.68. The highest BCUT2D eigenvalue weighted by Gasteiger charge is 2.14. The first-order chi connectivity index (χ1) is 9.08. The molecule has 0 spiro atoms. The van der Waals surface area contributed by atoms with Crippen LogP contribution in [-0.2, 0) is 11.3 Å². The molecule has 0 aliphatic heterocycles. The van der Waals surface area contributed by atoms with Gasteiger partial charge in [0.15, 0.2) is 5.43 Å². The highest BCUT2D eigenvalue weighted by molar-refractivity contribution is 5.91. The van der Waals surface area contributed by atoms with Crippen molar-refractivity contribution in [2.75, 3.05) is 14.2 Å². The van der Waals surface area contributed by atoms with Gasteiger partial charge in [0, 0.05) is 12.3 Å². The third-order valence-electron chi connectivity index (χ3n) is 2.87. The number of methoxy groups -OCH3 is 2. The molecule has 0 saturated heterocycles. The standard InChI is InChI=1S/C14H15NO4/c1-9(16)8-15-7-6-10(17)13-11(18-2)4-5-12(19-3)14(13)15/h4-7H,8H2,1-3H3. The van der Waals surface area contributed by atoms with E-state index < -0.39 is 0 Å². The minimum atomic E-state index is -0.162. The Morgan fingerprint density at radius 1 is 1.16 bits per heavy atom. The van der Waals surface area contributed by atoms with Crippen molar-refractivity contribution in [3.63, 3.8) is 0 Å². The lowest BCUT2D eigenvalue weighted by Crippen LogP contribution is -2.13. The Kier molecular flexibility index (Phi) is 3.55. The van der Waals surface area contributed by atoms with E-state index in [1.165, 1.54) is 27.2 Å². The summed E-state index contributed by atoms with van der Waals surface area (Å²) >= 11 is 0. The van der Waals surface area contributed by atoms with Gasteiger partial charge < -0.3 is 14.0 Å². The van der Waals surface area contributed by atoms with Gasteiger partial charge >= 0.3 is 0 Å². The van der Waals surface area contributed by atoms with Crippen LogP contribution in [0.5, 0.6) is 11.5 Å². The predicted octanol–water partition coefficient (Wildman–Crippen LogP) is 1.61. The van der Waals surface area contributed by atoms with Gasteiger partial charge in [0.1, 0.15) is 17.3 Å². The zero-order chi connectivity index (χ0) is 14.0. The molecule has 2 rings (SSSR count). The van der Waals surface area contributed by atoms with E-state index in [9.17, 15) is 9.59 Å². The van der Waals surface area contributed by atoms with Crippen LogP contribution < -0.4 is 14.9 Å². The van der Waals surface area contributed by atoms with Crippen LogP contribution in [0.25, 0.3) is 10.9 Å². The number of nitrogens with zero attached hydrogens (tertiary/aromatic N) is 1. The zero-order valence-electron chi connectivity index (χ0n) is 11.1. The summed E-state index contributed by atoms with van der Waals surface area (Å²) in [4.78, 5) is 23.4. The summed E-state index contributed by atoms with van der Waals surface area (Å²) in [5, 5.41) is 0.422. The minimum Gasteiger partial charge on any atom is -0.496 e. The van der Waals surface area contributed by atoms with Gasteiger partial charge in [-0.15, -0.1) is 0 Å². The van der Waals surface area contributed by atoms with Crippen molar-refractivity contribution in [1.29, 1.82) is 0 Å². The second-order valence-electron chi connectivity index (χ2n) is 4.20. The molecule has 0 amide bonds. The Balaban J connectivity index is 2.89. The van der Waals surface area contributed by atoms with E-state index in [0.29, 0.717) is 22.4 Å². The first-order valence-electron chi connectivity index (χ1n) is 5.82. The van der Waals surface area contributed by atoms with Gasteiger partial charge in [0.25, 0.3) is 0 Å². The molecule has 5 heteroatoms. The lowest BCUT2D eigenvalue weighted by molar-refractivity contribution is -0.117. The Hall–Kier alpha value is -2.30. The van der Waals surface area contributed by atoms with Crippen molar-refractivity contribution in [1.82, 2.24) is 4.57 Å². The number of Topliss-reactive ketones (excluding diaryl/α,β-unsaturated/α-hetero) is 1. The van der Waals surface area contributed by atoms with E-state index in [-0.39, 0.29) is 17.8 Å². The van der Waals surface area contributed by atoms with Gasteiger partial charge in [-0.3, -0.25) is 9.59 Å². The predicted molar refractivity (Wildman–Crippen MR) is 72.0 cm³/mol. The zero-order valence-corrected chi connectivity index (χ0v) is 11.1. The number of benzene rings is 1. The van der Waals surface area contributed by atoms with Gasteiger partial charge in [0.05, 0.1) is 31.7 Å². The molecule has 100 valence electrons. The molecular weight excluding hydrogens is 246 g/mol. The molecule has 0 radical (unpaired) electrons. The van der Waals surface area contributed by atoms with Crippen molar-refractivity contribution >= 4 is 16.7 Å². The number of pyridine rings is 1. The maximum absolute atomic E-state index is 12.0. The molecule has 1 aromatic carbocycles. The van der Waals surface area contributed by atoms with Crippen LogP contribution in [0.2, 0.25) is 0 Å². The molecule has 5 nitrogen and oxygen atoms in total. The first kappa shape index (κ1) is 13.1. The highest BCUT2D eigenvalue weighted by Crippen LogP contribution is 2.30. The number of fused-ring (bicyclic) bond motifs is 1. The average Bonchev–Trinajstić information content (AvgIpc) is 2.40. The minimum absolute atomic E-state index is 0.00479. The Morgan fingerprint density at radius 3 is 2.37 bits per heavy atom. The van der Waals surface area contributed by atoms with Gasteiger partial charge in [-0.25, -0.2) is 0 Å². The number of hydrogen-bond donors (Lipinski definition) is 0. The van der Waals surface area contributed by atoms with E-state index in [2.05, 4.69) is 0 Å². The molecule has 1 aromatic heterocycles. The number of carbonyl (C=O) groups excluding carboxylic acids is 1. The molecule has 1 heterocycles. The van der Waals surface area contributed by atoms with Crippen molar-refractivity contribution in [3.05, 3.63) is 34.6 Å². The molecule has 19 heavy (non-hydrogen) atoms. The maximum atomic E-state index is 12.0. The van der Waals surface area contributed by atoms with E-state index in [1.807, 2.05) is 0 Å². The van der Waals surface area contributed by atoms with E-state index >= 15 is 0 Å². The summed E-state index contributed by atoms with van der Waals surface area (Å²) in [5.41, 5.74) is 0.412. The third kappa shape index (κ3) is 2.31. The summed E-state index contributed by atoms with van der Waals surface area (Å²) < 4.78 is 12.2. The first-order valence-corrected chi connectivity index (χ1v) is 5.82. The van der Waals surface area contributed by atoms with Crippen molar-refractivity contribution < 1.29 is 14.3 Å². The van der Waals surface area contributed by atoms with Gasteiger partial charge in [-0.05, 0) is 19.1 Å². The molecule has 0 aliphatic rings. The number of ether oxygens (including phenoxy) is 2. The number of aromatic nitrogens is 1. The fourth-order valence-electron chi connectivity index (χ4n) is 2.10. The largest absolute Gasteiger partial charge is 0.496 e. The third-order valence-corrected chi connectivity index (χ3v) is 2.87. The topological polar surface area (TPSA) is 57.5 Å². The van der Waals surface area contributed by atoms with Crippen LogP contribution in [0.15, 0.2) is 29.2 Å². The second-order valence-corrected chi connectivity index (χ2v) is 4.20. The fraction of sp³-hybridized carbons (Fsp3) is 0.286. The molecule has 0 N–H and O–H groups in total. The van der Waals surface area contributed by atoms with Crippen molar-refractivity contribution in [2.45, 2.75) is 13.5 Å². The van der Waals surface area contributed by atoms with Gasteiger partial charge in [0.2, 0.25) is 0 Å². The monoisotopic (exact) mass is 261 g/mol. The van der Waals surface area contributed by atoms with Gasteiger partial charge in [-0.2, -0.15) is 0 Å². The molecule has 0 atom stereocenters. The van der Waals surface area contributed by atoms with Crippen LogP contribution in [0.4, 0.5) is 0 Å². The summed E-state index contributed by atoms with van der Waals surface area (Å²) in [5.74, 6) is 1.00. The number of ketones is 1. The molecule has 0 bridgehead atoms. The lowest BCUT2D eigenvalue weighted by atomic mass is 10.1. The van der Waals surface area contributed by atoms with Crippen LogP contribution in [0.1, 0.15) is 6.92 Å². The number of carbonyl (C=O) groups is 1. The number of hydrogen-bond acceptors (Lipinski definition) is 4. The molecule has 2 aromatic rings. The van der Waals surface area contributed by atoms with Crippen LogP contribution in [0.3, 0.4) is 0 Å². The van der Waals surface area contributed by atoms with Crippen LogP contribution in [0, 0.1) is 0 Å². The second kappa shape index (κ2) is 5.14. The highest BCUT2D eigenvalue weighted by atomic mass is 16.5. The Morgan fingerprint density at radius 2 is 1.79 bits per heavy atom. The molecule has 0 aliphatic carbocycles. The summed E-state index contributed by atoms with van der Waals surface area (Å²) in [6, 6.07) is 4.82. The van der Waals surface area contributed by atoms with E-state index in [0.717, 1.165) is 0 Å². The Bertz CT molecular complexity index is 688. The number of rotatable bonds is 4. The van der Waals surface area contributed by atoms with Crippen LogP contribution in [-0.4, -0.2) is 24.6 Å². The quantitative estimate of drug-likeness (QED) is 0.839. The smallest absolute Gasteiger partial charge is 0.193 e. The molecule has 0 fully saturated rings. The van der Waals surface area contributed by atoms with Gasteiger partial charge in [-0.1, -0.05) is 0 Å². The Labute approximate surface area is 110 Å². The van der Waals surface area contributed by atoms with E-state index in [1.54, 1.807) is 22.9 Å². The molecule has 0 unspecified atom stereocenters. The van der Waals surface area contributed by atoms with Crippen molar-refractivity contribution in [2.24, 2.45) is 0 Å². The van der Waals surface area contributed by atoms with Crippen LogP contribution >= 0.6 is 0 Å². The summed E-state index contributed by atoms with van der Waals surface area (Å²) in [7, 11) is 3.03. The average molecular weight is 261 g/mol. The lowest BCUT2D eigenvalue weighted by Gasteiger charge is -2.14. The fourth-order valence-corrected chi connectivity index (χ4v) is 2.10. The maximum Gasteiger partial charge on any atom is 0.193 e. The normalized spacial score (nSPS) is 10.5. The molecule has 0 saturated carbocycles. The summed E-state index contributed by atoms with van der Waals surface area (Å²) in [6.07, 6.45) is 1.59. The molecular formula is C14H15NO4.